The van der Waals surface area contributed by atoms with Crippen molar-refractivity contribution in [2.75, 3.05) is 14.1 Å². The highest BCUT2D eigenvalue weighted by atomic mass is 19.1. The van der Waals surface area contributed by atoms with Crippen molar-refractivity contribution in [2.45, 2.75) is 33.2 Å². The van der Waals surface area contributed by atoms with Gasteiger partial charge in [-0.15, -0.1) is 0 Å². The average molecular weight is 356 g/mol. The molecule has 0 fully saturated rings. The van der Waals surface area contributed by atoms with Gasteiger partial charge in [0.25, 0.3) is 0 Å². The third-order valence-corrected chi connectivity index (χ3v) is 4.63. The van der Waals surface area contributed by atoms with Crippen LogP contribution < -0.4 is 5.32 Å². The van der Waals surface area contributed by atoms with Gasteiger partial charge < -0.3 is 10.4 Å². The Labute approximate surface area is 153 Å². The smallest absolute Gasteiger partial charge is 0.305 e. The minimum Gasteiger partial charge on any atom is -0.481 e. The second kappa shape index (κ2) is 8.23. The molecule has 0 spiro atoms. The van der Waals surface area contributed by atoms with E-state index in [4.69, 9.17) is 5.11 Å². The van der Waals surface area contributed by atoms with Crippen LogP contribution in [0.5, 0.6) is 0 Å². The van der Waals surface area contributed by atoms with Gasteiger partial charge >= 0.3 is 5.97 Å². The summed E-state index contributed by atoms with van der Waals surface area (Å²) in [5.41, 5.74) is 5.62. The number of rotatable bonds is 5. The van der Waals surface area contributed by atoms with E-state index < -0.39 is 12.0 Å². The van der Waals surface area contributed by atoms with Crippen molar-refractivity contribution in [1.29, 1.82) is 0 Å². The number of hydrogen-bond acceptors (Lipinski definition) is 3. The molecule has 1 unspecified atom stereocenters. The molecular weight excluding hydrogens is 331 g/mol. The highest BCUT2D eigenvalue weighted by Crippen LogP contribution is 2.35. The Kier molecular flexibility index (Phi) is 6.27. The fourth-order valence-electron chi connectivity index (χ4n) is 3.32. The van der Waals surface area contributed by atoms with E-state index in [1.165, 1.54) is 0 Å². The summed E-state index contributed by atoms with van der Waals surface area (Å²) in [6.45, 7) is 5.66. The number of nitrogens with one attached hydrogen (secondary N) is 1. The molecule has 138 valence electrons. The molecule has 1 aliphatic rings. The molecule has 0 amide bonds. The van der Waals surface area contributed by atoms with Crippen LogP contribution in [0.3, 0.4) is 0 Å². The van der Waals surface area contributed by atoms with Crippen LogP contribution in [-0.2, 0) is 4.79 Å². The van der Waals surface area contributed by atoms with E-state index in [1.807, 2.05) is 32.1 Å². The molecular formula is C21H25FN2O2. The molecule has 5 heteroatoms. The third kappa shape index (κ3) is 3.83. The van der Waals surface area contributed by atoms with E-state index in [9.17, 15) is 9.18 Å². The predicted molar refractivity (Wildman–Crippen MR) is 104 cm³/mol. The molecule has 26 heavy (non-hydrogen) atoms. The van der Waals surface area contributed by atoms with Crippen LogP contribution >= 0.6 is 0 Å². The molecule has 0 heterocycles. The SMILES string of the molecule is C/C=C1\C(=NC)C=CC(C)=C1c1cc(C)c(F)c(C(CC(=O)O)NC)c1. The number of carboxylic acids is 1. The maximum Gasteiger partial charge on any atom is 0.305 e. The van der Waals surface area contributed by atoms with Gasteiger partial charge in [-0.1, -0.05) is 12.2 Å². The third-order valence-electron chi connectivity index (χ3n) is 4.63. The molecule has 0 saturated carbocycles. The van der Waals surface area contributed by atoms with Crippen molar-refractivity contribution >= 4 is 17.3 Å². The monoisotopic (exact) mass is 356 g/mol. The van der Waals surface area contributed by atoms with E-state index in [-0.39, 0.29) is 12.2 Å². The molecule has 0 saturated heterocycles. The van der Waals surface area contributed by atoms with E-state index in [0.717, 1.165) is 28.0 Å². The second-order valence-corrected chi connectivity index (χ2v) is 6.34. The Morgan fingerprint density at radius 3 is 2.58 bits per heavy atom. The van der Waals surface area contributed by atoms with Crippen LogP contribution in [0, 0.1) is 12.7 Å². The lowest BCUT2D eigenvalue weighted by Gasteiger charge is -2.22. The molecule has 1 aliphatic carbocycles. The number of hydrogen-bond donors (Lipinski definition) is 2. The Morgan fingerprint density at radius 2 is 2.04 bits per heavy atom. The zero-order valence-electron chi connectivity index (χ0n) is 15.9. The van der Waals surface area contributed by atoms with Gasteiger partial charge in [0, 0.05) is 24.2 Å². The number of allylic oxidation sites excluding steroid dienone is 6. The molecule has 2 N–H and O–H groups in total. The topological polar surface area (TPSA) is 61.7 Å². The van der Waals surface area contributed by atoms with Crippen LogP contribution in [0.4, 0.5) is 4.39 Å². The Morgan fingerprint density at radius 1 is 1.35 bits per heavy atom. The van der Waals surface area contributed by atoms with Gasteiger partial charge in [0.05, 0.1) is 12.1 Å². The maximum atomic E-state index is 14.8. The summed E-state index contributed by atoms with van der Waals surface area (Å²) in [5, 5.41) is 12.1. The number of aliphatic imine (C=N–C) groups is 1. The van der Waals surface area contributed by atoms with Crippen LogP contribution in [-0.4, -0.2) is 30.9 Å². The molecule has 0 aromatic heterocycles. The lowest BCUT2D eigenvalue weighted by Crippen LogP contribution is -2.21. The number of aliphatic carboxylic acids is 1. The Bertz CT molecular complexity index is 848. The number of benzene rings is 1. The highest BCUT2D eigenvalue weighted by molar-refractivity contribution is 6.21. The Hall–Kier alpha value is -2.53. The lowest BCUT2D eigenvalue weighted by atomic mass is 9.84. The fraction of sp³-hybridized carbons (Fsp3) is 0.333. The summed E-state index contributed by atoms with van der Waals surface area (Å²) < 4.78 is 14.8. The first kappa shape index (κ1) is 19.8. The summed E-state index contributed by atoms with van der Waals surface area (Å²) in [6, 6.07) is 2.96. The predicted octanol–water partition coefficient (Wildman–Crippen LogP) is 4.23. The number of halogens is 1. The summed E-state index contributed by atoms with van der Waals surface area (Å²) in [4.78, 5) is 15.5. The zero-order valence-corrected chi connectivity index (χ0v) is 15.9. The Balaban J connectivity index is 2.67. The minimum atomic E-state index is -0.975. The molecule has 0 aliphatic heterocycles. The van der Waals surface area contributed by atoms with Crippen LogP contribution in [0.2, 0.25) is 0 Å². The van der Waals surface area contributed by atoms with Crippen molar-refractivity contribution in [2.24, 2.45) is 4.99 Å². The first-order valence-electron chi connectivity index (χ1n) is 8.56. The van der Waals surface area contributed by atoms with E-state index in [0.29, 0.717) is 11.1 Å². The van der Waals surface area contributed by atoms with Crippen molar-refractivity contribution in [3.63, 3.8) is 0 Å². The maximum absolute atomic E-state index is 14.8. The fourth-order valence-corrected chi connectivity index (χ4v) is 3.32. The number of carbonyl (C=O) groups is 1. The van der Waals surface area contributed by atoms with Crippen molar-refractivity contribution in [3.8, 4) is 0 Å². The highest BCUT2D eigenvalue weighted by Gasteiger charge is 2.23. The molecule has 0 radical (unpaired) electrons. The normalized spacial score (nSPS) is 18.7. The summed E-state index contributed by atoms with van der Waals surface area (Å²) >= 11 is 0. The van der Waals surface area contributed by atoms with Gasteiger partial charge in [-0.2, -0.15) is 0 Å². The van der Waals surface area contributed by atoms with Gasteiger partial charge in [0.15, 0.2) is 0 Å². The molecule has 1 aromatic carbocycles. The summed E-state index contributed by atoms with van der Waals surface area (Å²) in [7, 11) is 3.38. The van der Waals surface area contributed by atoms with E-state index in [2.05, 4.69) is 10.3 Å². The van der Waals surface area contributed by atoms with Crippen LogP contribution in [0.15, 0.2) is 46.5 Å². The van der Waals surface area contributed by atoms with Crippen molar-refractivity contribution in [3.05, 3.63) is 64.0 Å². The molecule has 1 atom stereocenters. The van der Waals surface area contributed by atoms with Crippen molar-refractivity contribution in [1.82, 2.24) is 5.32 Å². The molecule has 0 bridgehead atoms. The first-order chi connectivity index (χ1) is 12.3. The van der Waals surface area contributed by atoms with Gasteiger partial charge in [0.1, 0.15) is 5.82 Å². The van der Waals surface area contributed by atoms with Gasteiger partial charge in [0.2, 0.25) is 0 Å². The van der Waals surface area contributed by atoms with Gasteiger partial charge in [-0.25, -0.2) is 4.39 Å². The number of carboxylic acid groups (broad SMARTS) is 1. The minimum absolute atomic E-state index is 0.188. The summed E-state index contributed by atoms with van der Waals surface area (Å²) in [5.74, 6) is -1.34. The van der Waals surface area contributed by atoms with E-state index >= 15 is 0 Å². The van der Waals surface area contributed by atoms with Gasteiger partial charge in [-0.3, -0.25) is 9.79 Å². The van der Waals surface area contributed by atoms with Crippen LogP contribution in [0.25, 0.3) is 5.57 Å². The molecule has 2 rings (SSSR count). The number of nitrogens with zero attached hydrogens (tertiary/aromatic N) is 1. The summed E-state index contributed by atoms with van der Waals surface area (Å²) in [6.07, 6.45) is 5.77. The molecule has 1 aromatic rings. The zero-order chi connectivity index (χ0) is 19.4. The first-order valence-corrected chi connectivity index (χ1v) is 8.56. The quantitative estimate of drug-likeness (QED) is 0.830. The largest absolute Gasteiger partial charge is 0.481 e. The van der Waals surface area contributed by atoms with E-state index in [1.54, 1.807) is 33.2 Å². The van der Waals surface area contributed by atoms with Crippen LogP contribution in [0.1, 0.15) is 43.0 Å². The number of aryl methyl sites for hydroxylation is 1. The second-order valence-electron chi connectivity index (χ2n) is 6.34. The lowest BCUT2D eigenvalue weighted by molar-refractivity contribution is -0.137. The standard InChI is InChI=1S/C21H25FN2O2/c1-6-15-17(23-4)8-7-12(2)20(15)14-9-13(3)21(22)16(10-14)18(24-5)11-19(25)26/h6-10,18,24H,11H2,1-5H3,(H,25,26)/b15-6+,23-17?. The average Bonchev–Trinajstić information content (AvgIpc) is 2.61. The van der Waals surface area contributed by atoms with Gasteiger partial charge in [-0.05, 0) is 68.3 Å². The molecule has 4 nitrogen and oxygen atoms in total. The van der Waals surface area contributed by atoms with Crippen molar-refractivity contribution < 1.29 is 14.3 Å².